The Morgan fingerprint density at radius 2 is 2.06 bits per heavy atom. The molecule has 1 aromatic carbocycles. The van der Waals surface area contributed by atoms with Gasteiger partial charge in [-0.2, -0.15) is 0 Å². The maximum absolute atomic E-state index is 6.22. The Morgan fingerprint density at radius 1 is 1.24 bits per heavy atom. The number of benzene rings is 1. The van der Waals surface area contributed by atoms with E-state index in [1.807, 2.05) is 12.3 Å². The highest BCUT2D eigenvalue weighted by Gasteiger charge is 2.24. The predicted molar refractivity (Wildman–Crippen MR) is 70.8 cm³/mol. The standard InChI is InChI=1S/C15H18N2/c16-13(9-11-5-6-11)10-12-7-8-17-15-4-2-1-3-14(12)15/h1-4,7-8,11,13H,5-6,9-10,16H2. The number of rotatable bonds is 4. The molecule has 2 nitrogen and oxygen atoms in total. The molecule has 1 heterocycles. The third kappa shape index (κ3) is 2.47. The summed E-state index contributed by atoms with van der Waals surface area (Å²) in [6.45, 7) is 0. The number of pyridine rings is 1. The Kier molecular flexibility index (Phi) is 2.81. The zero-order valence-electron chi connectivity index (χ0n) is 9.97. The minimum Gasteiger partial charge on any atom is -0.327 e. The van der Waals surface area contributed by atoms with Gasteiger partial charge in [-0.05, 0) is 36.5 Å². The van der Waals surface area contributed by atoms with Crippen molar-refractivity contribution in [2.75, 3.05) is 0 Å². The van der Waals surface area contributed by atoms with Crippen LogP contribution in [0.15, 0.2) is 36.5 Å². The number of para-hydroxylation sites is 1. The first-order valence-electron chi connectivity index (χ1n) is 6.41. The zero-order valence-corrected chi connectivity index (χ0v) is 9.97. The monoisotopic (exact) mass is 226 g/mol. The molecule has 0 aliphatic heterocycles. The van der Waals surface area contributed by atoms with Crippen molar-refractivity contribution >= 4 is 10.9 Å². The normalized spacial score (nSPS) is 17.2. The van der Waals surface area contributed by atoms with Gasteiger partial charge >= 0.3 is 0 Å². The fourth-order valence-corrected chi connectivity index (χ4v) is 2.48. The molecule has 2 heteroatoms. The molecule has 1 unspecified atom stereocenters. The average Bonchev–Trinajstić information content (AvgIpc) is 3.13. The van der Waals surface area contributed by atoms with Gasteiger partial charge in [0.05, 0.1) is 5.52 Å². The molecule has 0 amide bonds. The van der Waals surface area contributed by atoms with E-state index >= 15 is 0 Å². The van der Waals surface area contributed by atoms with E-state index in [9.17, 15) is 0 Å². The number of nitrogens with two attached hydrogens (primary N) is 1. The van der Waals surface area contributed by atoms with Crippen LogP contribution >= 0.6 is 0 Å². The highest BCUT2D eigenvalue weighted by molar-refractivity contribution is 5.81. The smallest absolute Gasteiger partial charge is 0.0704 e. The molecule has 0 saturated heterocycles. The minimum absolute atomic E-state index is 0.299. The molecule has 0 radical (unpaired) electrons. The summed E-state index contributed by atoms with van der Waals surface area (Å²) in [4.78, 5) is 4.38. The summed E-state index contributed by atoms with van der Waals surface area (Å²) < 4.78 is 0. The molecule has 1 aromatic heterocycles. The molecule has 3 rings (SSSR count). The molecule has 1 atom stereocenters. The van der Waals surface area contributed by atoms with Gasteiger partial charge < -0.3 is 5.73 Å². The molecule has 2 aromatic rings. The van der Waals surface area contributed by atoms with E-state index in [1.165, 1.54) is 30.2 Å². The maximum Gasteiger partial charge on any atom is 0.0704 e. The van der Waals surface area contributed by atoms with Gasteiger partial charge in [-0.25, -0.2) is 0 Å². The van der Waals surface area contributed by atoms with Gasteiger partial charge in [0.25, 0.3) is 0 Å². The van der Waals surface area contributed by atoms with E-state index in [0.717, 1.165) is 17.9 Å². The van der Waals surface area contributed by atoms with Crippen molar-refractivity contribution < 1.29 is 0 Å². The van der Waals surface area contributed by atoms with Crippen LogP contribution in [0.5, 0.6) is 0 Å². The van der Waals surface area contributed by atoms with E-state index in [4.69, 9.17) is 5.73 Å². The molecule has 1 saturated carbocycles. The second kappa shape index (κ2) is 4.46. The highest BCUT2D eigenvalue weighted by Crippen LogP contribution is 2.33. The maximum atomic E-state index is 6.22. The Bertz CT molecular complexity index is 512. The van der Waals surface area contributed by atoms with Crippen molar-refractivity contribution in [3.8, 4) is 0 Å². The van der Waals surface area contributed by atoms with Crippen LogP contribution in [-0.2, 0) is 6.42 Å². The van der Waals surface area contributed by atoms with Gasteiger partial charge in [-0.3, -0.25) is 4.98 Å². The summed E-state index contributed by atoms with van der Waals surface area (Å²) in [6.07, 6.45) is 6.80. The Labute approximate surface area is 102 Å². The van der Waals surface area contributed by atoms with Gasteiger partial charge in [0.2, 0.25) is 0 Å². The molecule has 1 aliphatic carbocycles. The molecule has 0 spiro atoms. The van der Waals surface area contributed by atoms with Crippen molar-refractivity contribution in [1.82, 2.24) is 4.98 Å². The lowest BCUT2D eigenvalue weighted by molar-refractivity contribution is 0.568. The Balaban J connectivity index is 1.83. The molecular weight excluding hydrogens is 208 g/mol. The van der Waals surface area contributed by atoms with E-state index in [1.54, 1.807) is 0 Å². The van der Waals surface area contributed by atoms with Crippen molar-refractivity contribution in [3.63, 3.8) is 0 Å². The molecule has 17 heavy (non-hydrogen) atoms. The topological polar surface area (TPSA) is 38.9 Å². The van der Waals surface area contributed by atoms with Gasteiger partial charge in [0, 0.05) is 17.6 Å². The number of fused-ring (bicyclic) bond motifs is 1. The SMILES string of the molecule is NC(Cc1ccnc2ccccc12)CC1CC1. The second-order valence-corrected chi connectivity index (χ2v) is 5.13. The van der Waals surface area contributed by atoms with Gasteiger partial charge in [-0.1, -0.05) is 31.0 Å². The van der Waals surface area contributed by atoms with Crippen LogP contribution < -0.4 is 5.73 Å². The summed E-state index contributed by atoms with van der Waals surface area (Å²) in [7, 11) is 0. The van der Waals surface area contributed by atoms with Crippen LogP contribution in [0.25, 0.3) is 10.9 Å². The van der Waals surface area contributed by atoms with E-state index in [-0.39, 0.29) is 0 Å². The summed E-state index contributed by atoms with van der Waals surface area (Å²) in [6, 6.07) is 10.7. The third-order valence-corrected chi connectivity index (χ3v) is 3.55. The van der Waals surface area contributed by atoms with Crippen molar-refractivity contribution in [1.29, 1.82) is 0 Å². The molecule has 88 valence electrons. The summed E-state index contributed by atoms with van der Waals surface area (Å²) >= 11 is 0. The van der Waals surface area contributed by atoms with Crippen LogP contribution in [0.1, 0.15) is 24.8 Å². The predicted octanol–water partition coefficient (Wildman–Crippen LogP) is 2.90. The first kappa shape index (κ1) is 10.7. The lowest BCUT2D eigenvalue weighted by Gasteiger charge is -2.12. The van der Waals surface area contributed by atoms with Crippen LogP contribution in [0, 0.1) is 5.92 Å². The Hall–Kier alpha value is -1.41. The first-order chi connectivity index (χ1) is 8.33. The van der Waals surface area contributed by atoms with Gasteiger partial charge in [-0.15, -0.1) is 0 Å². The largest absolute Gasteiger partial charge is 0.327 e. The number of hydrogen-bond acceptors (Lipinski definition) is 2. The number of hydrogen-bond donors (Lipinski definition) is 1. The van der Waals surface area contributed by atoms with Crippen molar-refractivity contribution in [2.24, 2.45) is 11.7 Å². The summed E-state index contributed by atoms with van der Waals surface area (Å²) in [5.41, 5.74) is 8.63. The van der Waals surface area contributed by atoms with Crippen LogP contribution in [0.4, 0.5) is 0 Å². The van der Waals surface area contributed by atoms with E-state index in [0.29, 0.717) is 6.04 Å². The van der Waals surface area contributed by atoms with Crippen LogP contribution in [0.3, 0.4) is 0 Å². The fourth-order valence-electron chi connectivity index (χ4n) is 2.48. The average molecular weight is 226 g/mol. The Morgan fingerprint density at radius 3 is 2.88 bits per heavy atom. The third-order valence-electron chi connectivity index (χ3n) is 3.55. The van der Waals surface area contributed by atoms with Crippen LogP contribution in [0.2, 0.25) is 0 Å². The van der Waals surface area contributed by atoms with Crippen molar-refractivity contribution in [2.45, 2.75) is 31.7 Å². The molecule has 2 N–H and O–H groups in total. The lowest BCUT2D eigenvalue weighted by Crippen LogP contribution is -2.23. The van der Waals surface area contributed by atoms with E-state index in [2.05, 4.69) is 29.2 Å². The lowest BCUT2D eigenvalue weighted by atomic mass is 9.99. The van der Waals surface area contributed by atoms with Gasteiger partial charge in [0.1, 0.15) is 0 Å². The number of nitrogens with zero attached hydrogens (tertiary/aromatic N) is 1. The molecular formula is C15H18N2. The van der Waals surface area contributed by atoms with Gasteiger partial charge in [0.15, 0.2) is 0 Å². The first-order valence-corrected chi connectivity index (χ1v) is 6.41. The highest BCUT2D eigenvalue weighted by atomic mass is 14.7. The second-order valence-electron chi connectivity index (χ2n) is 5.13. The summed E-state index contributed by atoms with van der Waals surface area (Å²) in [5.74, 6) is 0.901. The minimum atomic E-state index is 0.299. The van der Waals surface area contributed by atoms with E-state index < -0.39 is 0 Å². The quantitative estimate of drug-likeness (QED) is 0.870. The number of aromatic nitrogens is 1. The summed E-state index contributed by atoms with van der Waals surface area (Å²) in [5, 5.41) is 1.25. The fraction of sp³-hybridized carbons (Fsp3) is 0.400. The molecule has 1 fully saturated rings. The van der Waals surface area contributed by atoms with Crippen molar-refractivity contribution in [3.05, 3.63) is 42.1 Å². The van der Waals surface area contributed by atoms with Crippen LogP contribution in [-0.4, -0.2) is 11.0 Å². The zero-order chi connectivity index (χ0) is 11.7. The molecule has 1 aliphatic rings. The molecule has 0 bridgehead atoms.